The van der Waals surface area contributed by atoms with Crippen molar-refractivity contribution in [1.29, 1.82) is 0 Å². The Morgan fingerprint density at radius 3 is 0.892 bits per heavy atom. The number of rotatable bonds is 16. The minimum atomic E-state index is -6.00. The van der Waals surface area contributed by atoms with Crippen LogP contribution in [0.5, 0.6) is 0 Å². The van der Waals surface area contributed by atoms with Crippen LogP contribution in [0.4, 0.5) is 34.5 Å². The van der Waals surface area contributed by atoms with E-state index in [1.54, 1.807) is 0 Å². The van der Waals surface area contributed by atoms with Crippen molar-refractivity contribution in [2.24, 2.45) is 5.92 Å². The van der Waals surface area contributed by atoms with Crippen molar-refractivity contribution in [3.05, 3.63) is 0 Å². The summed E-state index contributed by atoms with van der Waals surface area (Å²) in [6.07, 6.45) is 13.8. The molecule has 2 nitrogen and oxygen atoms in total. The molecule has 0 aromatic rings. The summed E-state index contributed by atoms with van der Waals surface area (Å²) in [5.74, 6) is 0.867. The minimum absolute atomic E-state index is 0.867. The predicted molar refractivity (Wildman–Crippen MR) is 147 cm³/mol. The van der Waals surface area contributed by atoms with Gasteiger partial charge < -0.3 is 43.5 Å². The molecule has 0 aliphatic carbocycles. The average Bonchev–Trinajstić information content (AvgIpc) is 2.69. The van der Waals surface area contributed by atoms with E-state index in [-0.39, 0.29) is 0 Å². The van der Waals surface area contributed by atoms with Crippen LogP contribution >= 0.6 is 0 Å². The molecule has 0 heterocycles. The Morgan fingerprint density at radius 1 is 0.486 bits per heavy atom. The van der Waals surface area contributed by atoms with E-state index >= 15 is 0 Å². The zero-order valence-corrected chi connectivity index (χ0v) is 25.3. The molecule has 0 bridgehead atoms. The second-order valence-electron chi connectivity index (χ2n) is 11.2. The van der Waals surface area contributed by atoms with E-state index in [1.165, 1.54) is 101 Å². The quantitative estimate of drug-likeness (QED) is 0.100. The first-order valence-electron chi connectivity index (χ1n) is 14.1. The fourth-order valence-corrected chi connectivity index (χ4v) is 3.62. The highest BCUT2D eigenvalue weighted by Gasteiger charge is 2.24. The van der Waals surface area contributed by atoms with Crippen molar-refractivity contribution >= 4 is 14.5 Å². The molecule has 0 atom stereocenters. The Morgan fingerprint density at radius 2 is 0.730 bits per heavy atom. The van der Waals surface area contributed by atoms with E-state index in [0.717, 1.165) is 10.4 Å². The Hall–Kier alpha value is -0.510. The maximum atomic E-state index is 9.75. The van der Waals surface area contributed by atoms with Gasteiger partial charge >= 0.3 is 14.5 Å². The van der Waals surface area contributed by atoms with E-state index in [9.17, 15) is 34.5 Å². The number of unbranched alkanes of at least 4 members (excludes halogenated alkanes) is 4. The lowest BCUT2D eigenvalue weighted by molar-refractivity contribution is -0.929. The minimum Gasteiger partial charge on any atom is -0.418 e. The second kappa shape index (κ2) is 24.5. The maximum Gasteiger partial charge on any atom is 0.673 e. The molecular formula is C25H58B2F8N2. The number of hydrogen-bond donors (Lipinski definition) is 0. The van der Waals surface area contributed by atoms with Gasteiger partial charge in [-0.2, -0.15) is 0 Å². The summed E-state index contributed by atoms with van der Waals surface area (Å²) in [5.41, 5.74) is 0. The smallest absolute Gasteiger partial charge is 0.418 e. The number of hydrogen-bond acceptors (Lipinski definition) is 0. The largest absolute Gasteiger partial charge is 0.673 e. The van der Waals surface area contributed by atoms with Crippen LogP contribution < -0.4 is 0 Å². The van der Waals surface area contributed by atoms with Crippen molar-refractivity contribution in [3.63, 3.8) is 0 Å². The number of nitrogens with zero attached hydrogens (tertiary/aromatic N) is 2. The lowest BCUT2D eigenvalue weighted by Crippen LogP contribution is -2.50. The monoisotopic (exact) mass is 560 g/mol. The van der Waals surface area contributed by atoms with Gasteiger partial charge in [0, 0.05) is 0 Å². The SMILES string of the molecule is CC(C)CCC[N+](C)(C)C.CCCC[N+](CCCC)(CCCC)CCCC.F[B-](F)(F)F.F[B-](F)(F)F. The van der Waals surface area contributed by atoms with Crippen LogP contribution in [-0.2, 0) is 0 Å². The number of quaternary nitrogens is 2. The van der Waals surface area contributed by atoms with Crippen molar-refractivity contribution < 1.29 is 43.5 Å². The molecule has 0 aliphatic rings. The van der Waals surface area contributed by atoms with Crippen LogP contribution in [0.25, 0.3) is 0 Å². The molecule has 0 rings (SSSR count). The first-order valence-corrected chi connectivity index (χ1v) is 14.1. The van der Waals surface area contributed by atoms with Crippen molar-refractivity contribution in [3.8, 4) is 0 Å². The van der Waals surface area contributed by atoms with Gasteiger partial charge in [0.05, 0.1) is 53.9 Å². The molecule has 0 aliphatic heterocycles. The fraction of sp³-hybridized carbons (Fsp3) is 1.00. The maximum absolute atomic E-state index is 9.75. The fourth-order valence-electron chi connectivity index (χ4n) is 3.62. The third-order valence-corrected chi connectivity index (χ3v) is 5.55. The summed E-state index contributed by atoms with van der Waals surface area (Å²) >= 11 is 0. The Kier molecular flexibility index (Phi) is 28.9. The molecular weight excluding hydrogens is 502 g/mol. The summed E-state index contributed by atoms with van der Waals surface area (Å²) in [6.45, 7) is 20.9. The zero-order chi connectivity index (χ0) is 30.2. The highest BCUT2D eigenvalue weighted by molar-refractivity contribution is 6.50. The van der Waals surface area contributed by atoms with Gasteiger partial charge in [-0.15, -0.1) is 0 Å². The molecule has 12 heteroatoms. The van der Waals surface area contributed by atoms with Gasteiger partial charge in [-0.3, -0.25) is 0 Å². The van der Waals surface area contributed by atoms with E-state index in [1.807, 2.05) is 0 Å². The van der Waals surface area contributed by atoms with Crippen LogP contribution in [0, 0.1) is 5.92 Å². The summed E-state index contributed by atoms with van der Waals surface area (Å²) in [5, 5.41) is 0. The van der Waals surface area contributed by atoms with Gasteiger partial charge in [0.1, 0.15) is 0 Å². The first kappa shape index (κ1) is 43.5. The van der Waals surface area contributed by atoms with E-state index in [4.69, 9.17) is 0 Å². The summed E-state index contributed by atoms with van der Waals surface area (Å²) in [7, 11) is -5.25. The standard InChI is InChI=1S/C16H36N.C9H22N.2BF4/c1-5-9-13-17(14-10-6-2,15-11-7-3)16-12-8-4;1-9(2)7-6-8-10(3,4)5;2*2-1(3,4)5/h5-16H2,1-4H3;9H,6-8H2,1-5H3;;/q2*+1;2*-1. The molecule has 0 spiro atoms. The second-order valence-corrected chi connectivity index (χ2v) is 11.2. The molecule has 230 valence electrons. The molecule has 0 fully saturated rings. The highest BCUT2D eigenvalue weighted by atomic mass is 19.5. The molecule has 0 N–H and O–H groups in total. The predicted octanol–water partition coefficient (Wildman–Crippen LogP) is 9.73. The molecule has 0 aromatic heterocycles. The number of halogens is 8. The van der Waals surface area contributed by atoms with Crippen LogP contribution in [-0.4, -0.2) is 77.3 Å². The van der Waals surface area contributed by atoms with E-state index < -0.39 is 14.5 Å². The van der Waals surface area contributed by atoms with Gasteiger partial charge in [0.15, 0.2) is 0 Å². The molecule has 0 saturated heterocycles. The third-order valence-electron chi connectivity index (χ3n) is 5.55. The van der Waals surface area contributed by atoms with Gasteiger partial charge in [-0.05, 0) is 44.4 Å². The first-order chi connectivity index (χ1) is 16.7. The molecule has 0 amide bonds. The van der Waals surface area contributed by atoms with Crippen LogP contribution in [0.1, 0.15) is 106 Å². The van der Waals surface area contributed by atoms with Gasteiger partial charge in [-0.25, -0.2) is 0 Å². The molecule has 37 heavy (non-hydrogen) atoms. The highest BCUT2D eigenvalue weighted by Crippen LogP contribution is 2.16. The lowest BCUT2D eigenvalue weighted by Gasteiger charge is -2.39. The van der Waals surface area contributed by atoms with Crippen molar-refractivity contribution in [2.75, 3.05) is 53.9 Å². The zero-order valence-electron chi connectivity index (χ0n) is 25.3. The average molecular weight is 560 g/mol. The van der Waals surface area contributed by atoms with Crippen molar-refractivity contribution in [2.45, 2.75) is 106 Å². The summed E-state index contributed by atoms with van der Waals surface area (Å²) < 4.78 is 80.5. The van der Waals surface area contributed by atoms with Crippen molar-refractivity contribution in [1.82, 2.24) is 0 Å². The van der Waals surface area contributed by atoms with Gasteiger partial charge in [0.25, 0.3) is 0 Å². The Balaban J connectivity index is -0.000000228. The molecule has 0 saturated carbocycles. The summed E-state index contributed by atoms with van der Waals surface area (Å²) in [6, 6.07) is 0. The Labute approximate surface area is 223 Å². The molecule has 0 unspecified atom stereocenters. The van der Waals surface area contributed by atoms with Crippen LogP contribution in [0.15, 0.2) is 0 Å². The summed E-state index contributed by atoms with van der Waals surface area (Å²) in [4.78, 5) is 0. The van der Waals surface area contributed by atoms with E-state index in [0.29, 0.717) is 0 Å². The van der Waals surface area contributed by atoms with Gasteiger partial charge in [0.2, 0.25) is 0 Å². The lowest BCUT2D eigenvalue weighted by atomic mass is 10.1. The van der Waals surface area contributed by atoms with Gasteiger partial charge in [-0.1, -0.05) is 67.2 Å². The topological polar surface area (TPSA) is 0 Å². The third kappa shape index (κ3) is 56.7. The Bertz CT molecular complexity index is 408. The van der Waals surface area contributed by atoms with Crippen LogP contribution in [0.2, 0.25) is 0 Å². The normalized spacial score (nSPS) is 12.2. The molecule has 0 aromatic carbocycles. The molecule has 0 radical (unpaired) electrons. The van der Waals surface area contributed by atoms with E-state index in [2.05, 4.69) is 62.7 Å². The van der Waals surface area contributed by atoms with Crippen LogP contribution in [0.3, 0.4) is 0 Å².